The third-order valence-electron chi connectivity index (χ3n) is 5.54. The Kier molecular flexibility index (Phi) is 6.36. The summed E-state index contributed by atoms with van der Waals surface area (Å²) in [5.74, 6) is -1.90. The highest BCUT2D eigenvalue weighted by atomic mass is 16.4. The molecule has 0 unspecified atom stereocenters. The molecule has 4 rings (SSSR count). The summed E-state index contributed by atoms with van der Waals surface area (Å²) in [6.45, 7) is 2.41. The van der Waals surface area contributed by atoms with E-state index in [4.69, 9.17) is 5.11 Å². The number of amides is 1. The predicted octanol–water partition coefficient (Wildman–Crippen LogP) is 2.09. The van der Waals surface area contributed by atoms with Crippen LogP contribution in [0.5, 0.6) is 0 Å². The number of carbonyl (C=O) groups excluding carboxylic acids is 1. The lowest BCUT2D eigenvalue weighted by Crippen LogP contribution is -2.49. The van der Waals surface area contributed by atoms with Crippen molar-refractivity contribution < 1.29 is 24.6 Å². The topological polar surface area (TPSA) is 139 Å². The van der Waals surface area contributed by atoms with E-state index in [0.29, 0.717) is 42.8 Å². The molecule has 3 heterocycles. The van der Waals surface area contributed by atoms with E-state index in [1.165, 1.54) is 0 Å². The van der Waals surface area contributed by atoms with Crippen LogP contribution < -0.4 is 10.2 Å². The number of nitrogens with one attached hydrogen (secondary N) is 2. The van der Waals surface area contributed by atoms with Gasteiger partial charge in [0.2, 0.25) is 5.91 Å². The number of anilines is 2. The van der Waals surface area contributed by atoms with E-state index in [1.54, 1.807) is 30.6 Å². The second kappa shape index (κ2) is 9.53. The fourth-order valence-electron chi connectivity index (χ4n) is 4.01. The maximum Gasteiger partial charge on any atom is 0.328 e. The first-order valence-electron chi connectivity index (χ1n) is 10.4. The van der Waals surface area contributed by atoms with E-state index >= 15 is 0 Å². The fourth-order valence-corrected chi connectivity index (χ4v) is 4.01. The van der Waals surface area contributed by atoms with Crippen LogP contribution in [-0.2, 0) is 14.4 Å². The molecule has 3 aromatic rings. The minimum Gasteiger partial charge on any atom is -0.480 e. The Morgan fingerprint density at radius 3 is 2.52 bits per heavy atom. The van der Waals surface area contributed by atoms with Crippen LogP contribution in [0, 0.1) is 0 Å². The number of carbonyl (C=O) groups is 3. The summed E-state index contributed by atoms with van der Waals surface area (Å²) in [4.78, 5) is 46.3. The zero-order valence-corrected chi connectivity index (χ0v) is 17.6. The van der Waals surface area contributed by atoms with Crippen LogP contribution in [0.3, 0.4) is 0 Å². The van der Waals surface area contributed by atoms with Crippen molar-refractivity contribution in [2.24, 2.45) is 0 Å². The summed E-state index contributed by atoms with van der Waals surface area (Å²) in [7, 11) is 0. The van der Waals surface area contributed by atoms with Crippen molar-refractivity contribution in [2.45, 2.75) is 6.04 Å². The molecule has 1 saturated heterocycles. The number of carboxylic acid groups (broad SMARTS) is 2. The number of H-pyrrole nitrogens is 1. The summed E-state index contributed by atoms with van der Waals surface area (Å²) < 4.78 is 0. The highest BCUT2D eigenvalue weighted by Crippen LogP contribution is 2.31. The second-order valence-corrected chi connectivity index (χ2v) is 7.62. The van der Waals surface area contributed by atoms with Gasteiger partial charge in [0.15, 0.2) is 0 Å². The van der Waals surface area contributed by atoms with Crippen LogP contribution in [0.2, 0.25) is 0 Å². The number of aromatic amines is 1. The standard InChI is InChI=1S/C23H23N5O5/c29-20(6-7-21(30)31)26-15-4-5-18-16(13-15)17(14-25-18)22(23(32)33)28-11-9-27(10-12-28)19-3-1-2-8-24-19/h1-8,13-14,22,25H,9-12H2,(H,26,29)(H,30,31)(H,32,33)/b7-6+/t22-/m1/s1. The fraction of sp³-hybridized carbons (Fsp3) is 0.217. The lowest BCUT2D eigenvalue weighted by Gasteiger charge is -2.38. The first kappa shape index (κ1) is 22.0. The minimum absolute atomic E-state index is 0.437. The lowest BCUT2D eigenvalue weighted by molar-refractivity contribution is -0.143. The van der Waals surface area contributed by atoms with Crippen LogP contribution in [0.1, 0.15) is 11.6 Å². The quantitative estimate of drug-likeness (QED) is 0.402. The SMILES string of the molecule is O=C(O)/C=C/C(=O)Nc1ccc2[nH]cc([C@H](C(=O)O)N3CCN(c4ccccn4)CC3)c2c1. The Labute approximate surface area is 189 Å². The van der Waals surface area contributed by atoms with E-state index in [9.17, 15) is 19.5 Å². The van der Waals surface area contributed by atoms with Crippen molar-refractivity contribution in [3.8, 4) is 0 Å². The molecule has 0 saturated carbocycles. The van der Waals surface area contributed by atoms with Gasteiger partial charge in [-0.1, -0.05) is 6.07 Å². The van der Waals surface area contributed by atoms with Gasteiger partial charge in [-0.2, -0.15) is 0 Å². The van der Waals surface area contributed by atoms with E-state index in [1.807, 2.05) is 23.1 Å². The Balaban J connectivity index is 1.55. The third-order valence-corrected chi connectivity index (χ3v) is 5.54. The molecule has 1 fully saturated rings. The van der Waals surface area contributed by atoms with Gasteiger partial charge in [-0.3, -0.25) is 14.5 Å². The van der Waals surface area contributed by atoms with Crippen molar-refractivity contribution >= 4 is 40.3 Å². The molecule has 1 aliphatic heterocycles. The zero-order valence-electron chi connectivity index (χ0n) is 17.6. The van der Waals surface area contributed by atoms with E-state index < -0.39 is 23.9 Å². The van der Waals surface area contributed by atoms with Crippen LogP contribution in [0.15, 0.2) is 60.9 Å². The Bertz CT molecular complexity index is 1200. The van der Waals surface area contributed by atoms with Gasteiger partial charge in [-0.05, 0) is 30.3 Å². The molecule has 1 aromatic carbocycles. The Morgan fingerprint density at radius 1 is 1.06 bits per heavy atom. The molecule has 1 aliphatic rings. The summed E-state index contributed by atoms with van der Waals surface area (Å²) in [5.41, 5.74) is 1.77. The summed E-state index contributed by atoms with van der Waals surface area (Å²) in [6, 6.07) is 9.95. The van der Waals surface area contributed by atoms with E-state index in [-0.39, 0.29) is 0 Å². The second-order valence-electron chi connectivity index (χ2n) is 7.62. The van der Waals surface area contributed by atoms with Crippen molar-refractivity contribution in [3.63, 3.8) is 0 Å². The molecular weight excluding hydrogens is 426 g/mol. The number of hydrogen-bond acceptors (Lipinski definition) is 6. The highest BCUT2D eigenvalue weighted by molar-refractivity contribution is 6.03. The van der Waals surface area contributed by atoms with Gasteiger partial charge in [0.1, 0.15) is 11.9 Å². The average molecular weight is 449 g/mol. The van der Waals surface area contributed by atoms with Crippen LogP contribution >= 0.6 is 0 Å². The largest absolute Gasteiger partial charge is 0.480 e. The number of piperazine rings is 1. The molecule has 0 radical (unpaired) electrons. The van der Waals surface area contributed by atoms with Gasteiger partial charge < -0.3 is 25.4 Å². The minimum atomic E-state index is -1.22. The summed E-state index contributed by atoms with van der Waals surface area (Å²) >= 11 is 0. The molecule has 2 aromatic heterocycles. The van der Waals surface area contributed by atoms with Gasteiger partial charge in [0, 0.05) is 72.9 Å². The van der Waals surface area contributed by atoms with Crippen LogP contribution in [-0.4, -0.2) is 69.1 Å². The van der Waals surface area contributed by atoms with Gasteiger partial charge in [0.25, 0.3) is 0 Å². The number of aliphatic carboxylic acids is 2. The normalized spacial score (nSPS) is 15.6. The first-order chi connectivity index (χ1) is 15.9. The number of hydrogen-bond donors (Lipinski definition) is 4. The smallest absolute Gasteiger partial charge is 0.328 e. The van der Waals surface area contributed by atoms with Gasteiger partial charge in [-0.25, -0.2) is 9.78 Å². The predicted molar refractivity (Wildman–Crippen MR) is 122 cm³/mol. The van der Waals surface area contributed by atoms with Crippen LogP contribution in [0.25, 0.3) is 10.9 Å². The molecule has 33 heavy (non-hydrogen) atoms. The molecule has 0 bridgehead atoms. The van der Waals surface area contributed by atoms with E-state index in [0.717, 1.165) is 23.5 Å². The van der Waals surface area contributed by atoms with Gasteiger partial charge in [0.05, 0.1) is 0 Å². The number of pyridine rings is 1. The number of fused-ring (bicyclic) bond motifs is 1. The number of carboxylic acids is 2. The average Bonchev–Trinajstić information content (AvgIpc) is 3.21. The van der Waals surface area contributed by atoms with Gasteiger partial charge >= 0.3 is 11.9 Å². The number of aromatic nitrogens is 2. The number of benzene rings is 1. The maximum absolute atomic E-state index is 12.3. The highest BCUT2D eigenvalue weighted by Gasteiger charge is 2.32. The molecule has 0 aliphatic carbocycles. The third kappa shape index (κ3) is 5.01. The van der Waals surface area contributed by atoms with Crippen molar-refractivity contribution in [1.82, 2.24) is 14.9 Å². The van der Waals surface area contributed by atoms with Crippen molar-refractivity contribution in [1.29, 1.82) is 0 Å². The monoisotopic (exact) mass is 449 g/mol. The molecule has 1 atom stereocenters. The van der Waals surface area contributed by atoms with E-state index in [2.05, 4.69) is 20.2 Å². The number of nitrogens with zero attached hydrogens (tertiary/aromatic N) is 3. The van der Waals surface area contributed by atoms with Crippen LogP contribution in [0.4, 0.5) is 11.5 Å². The summed E-state index contributed by atoms with van der Waals surface area (Å²) in [6.07, 6.45) is 5.10. The van der Waals surface area contributed by atoms with Crippen molar-refractivity contribution in [3.05, 3.63) is 66.5 Å². The molecule has 10 heteroatoms. The molecule has 170 valence electrons. The molecule has 1 amide bonds. The molecule has 0 spiro atoms. The molecule has 4 N–H and O–H groups in total. The Hall–Kier alpha value is -4.18. The zero-order chi connectivity index (χ0) is 23.4. The molecule has 10 nitrogen and oxygen atoms in total. The molecular formula is C23H23N5O5. The lowest BCUT2D eigenvalue weighted by atomic mass is 10.0. The maximum atomic E-state index is 12.3. The van der Waals surface area contributed by atoms with Crippen molar-refractivity contribution in [2.75, 3.05) is 36.4 Å². The van der Waals surface area contributed by atoms with Gasteiger partial charge in [-0.15, -0.1) is 0 Å². The first-order valence-corrected chi connectivity index (χ1v) is 10.4. The Morgan fingerprint density at radius 2 is 1.85 bits per heavy atom. The summed E-state index contributed by atoms with van der Waals surface area (Å²) in [5, 5.41) is 22.0. The number of rotatable bonds is 7.